The lowest BCUT2D eigenvalue weighted by Crippen LogP contribution is -2.63. The van der Waals surface area contributed by atoms with E-state index in [1.54, 1.807) is 0 Å². The maximum absolute atomic E-state index is 13.5. The monoisotopic (exact) mass is 851 g/mol. The SMILES string of the molecule is C#CCCCCCCCCC(=O)OC[C@H]1O[C@H](OC)[C@H](OC(=O)CCCCCCCCC#C)[C@@H](OC(=O)CCCCCCCCC#C)[C@@H]1OC(=O)CCCCCCCCC#C. The molecule has 1 aliphatic rings. The Morgan fingerprint density at radius 2 is 0.705 bits per heavy atom. The molecule has 10 heteroatoms. The highest BCUT2D eigenvalue weighted by molar-refractivity contribution is 5.72. The first-order chi connectivity index (χ1) is 29.8. The van der Waals surface area contributed by atoms with Crippen LogP contribution < -0.4 is 0 Å². The minimum atomic E-state index is -1.27. The predicted molar refractivity (Wildman–Crippen MR) is 239 cm³/mol. The lowest BCUT2D eigenvalue weighted by molar-refractivity contribution is -0.303. The minimum absolute atomic E-state index is 0.118. The van der Waals surface area contributed by atoms with Gasteiger partial charge in [0.1, 0.15) is 12.7 Å². The summed E-state index contributed by atoms with van der Waals surface area (Å²) in [6.07, 6.45) is 41.0. The molecule has 10 nitrogen and oxygen atoms in total. The van der Waals surface area contributed by atoms with Gasteiger partial charge in [0.25, 0.3) is 0 Å². The Morgan fingerprint density at radius 1 is 0.410 bits per heavy atom. The number of esters is 4. The average Bonchev–Trinajstić information content (AvgIpc) is 3.25. The molecule has 0 amide bonds. The second-order valence-electron chi connectivity index (χ2n) is 16.1. The standard InChI is InChI=1S/C51H78O10/c1-6-10-14-18-22-26-30-34-38-44(52)57-42-43-48(59-45(53)39-35-31-27-23-19-15-11-7-2)49(60-46(54)40-36-32-28-24-20-16-12-8-3)50(51(56-5)58-43)61-47(55)41-37-33-29-25-21-17-13-9-4/h1-4,43,48-51H,10-42H2,5H3/t43-,48-,49+,50-,51+/m1/s1. The summed E-state index contributed by atoms with van der Waals surface area (Å²) in [7, 11) is 1.39. The van der Waals surface area contributed by atoms with Crippen LogP contribution in [-0.4, -0.2) is 68.3 Å². The van der Waals surface area contributed by atoms with Gasteiger partial charge < -0.3 is 28.4 Å². The number of unbranched alkanes of at least 4 members (excludes halogenated alkanes) is 24. The highest BCUT2D eigenvalue weighted by atomic mass is 16.7. The molecule has 0 aliphatic carbocycles. The van der Waals surface area contributed by atoms with E-state index in [9.17, 15) is 19.2 Å². The van der Waals surface area contributed by atoms with Crippen molar-refractivity contribution in [2.24, 2.45) is 0 Å². The van der Waals surface area contributed by atoms with Crippen LogP contribution in [0.2, 0.25) is 0 Å². The van der Waals surface area contributed by atoms with Crippen molar-refractivity contribution in [2.45, 2.75) is 236 Å². The quantitative estimate of drug-likeness (QED) is 0.0257. The number of methoxy groups -OCH3 is 1. The molecule has 5 atom stereocenters. The molecular weight excluding hydrogens is 773 g/mol. The van der Waals surface area contributed by atoms with Crippen LogP contribution in [0.4, 0.5) is 0 Å². The fourth-order valence-electron chi connectivity index (χ4n) is 7.30. The van der Waals surface area contributed by atoms with E-state index in [2.05, 4.69) is 23.7 Å². The molecule has 0 unspecified atom stereocenters. The third-order valence-electron chi connectivity index (χ3n) is 10.8. The maximum Gasteiger partial charge on any atom is 0.306 e. The van der Waals surface area contributed by atoms with Gasteiger partial charge in [-0.05, 0) is 51.4 Å². The normalized spacial score (nSPS) is 18.1. The van der Waals surface area contributed by atoms with Crippen molar-refractivity contribution in [1.82, 2.24) is 0 Å². The summed E-state index contributed by atoms with van der Waals surface area (Å²) in [4.78, 5) is 53.3. The van der Waals surface area contributed by atoms with Crippen molar-refractivity contribution in [3.8, 4) is 49.4 Å². The van der Waals surface area contributed by atoms with E-state index in [0.717, 1.165) is 154 Å². The summed E-state index contributed by atoms with van der Waals surface area (Å²) in [6, 6.07) is 0. The number of rotatable bonds is 38. The van der Waals surface area contributed by atoms with Crippen molar-refractivity contribution in [3.05, 3.63) is 0 Å². The maximum atomic E-state index is 13.5. The predicted octanol–water partition coefficient (Wildman–Crippen LogP) is 10.7. The summed E-state index contributed by atoms with van der Waals surface area (Å²) in [5.41, 5.74) is 0. The van der Waals surface area contributed by atoms with E-state index in [-0.39, 0.29) is 32.3 Å². The van der Waals surface area contributed by atoms with E-state index in [1.165, 1.54) is 7.11 Å². The van der Waals surface area contributed by atoms with Gasteiger partial charge in [-0.15, -0.1) is 49.4 Å². The van der Waals surface area contributed by atoms with E-state index in [4.69, 9.17) is 54.1 Å². The zero-order valence-corrected chi connectivity index (χ0v) is 37.6. The molecule has 61 heavy (non-hydrogen) atoms. The Hall–Kier alpha value is -3.96. The Kier molecular flexibility index (Phi) is 35.1. The molecule has 0 N–H and O–H groups in total. The molecule has 0 aromatic heterocycles. The molecule has 0 aromatic rings. The second-order valence-corrected chi connectivity index (χ2v) is 16.1. The second kappa shape index (κ2) is 38.9. The number of carbonyl (C=O) groups is 4. The lowest BCUT2D eigenvalue weighted by Gasteiger charge is -2.44. The Balaban J connectivity index is 3.14. The molecule has 0 bridgehead atoms. The van der Waals surface area contributed by atoms with Crippen LogP contribution >= 0.6 is 0 Å². The summed E-state index contributed by atoms with van der Waals surface area (Å²) in [5, 5.41) is 0. The third-order valence-corrected chi connectivity index (χ3v) is 10.8. The zero-order chi connectivity index (χ0) is 44.6. The molecule has 1 saturated heterocycles. The van der Waals surface area contributed by atoms with E-state index in [1.807, 2.05) is 0 Å². The van der Waals surface area contributed by atoms with Gasteiger partial charge in [0.05, 0.1) is 0 Å². The van der Waals surface area contributed by atoms with Gasteiger partial charge in [-0.2, -0.15) is 0 Å². The molecular formula is C51H78O10. The van der Waals surface area contributed by atoms with E-state index < -0.39 is 54.6 Å². The Labute approximate surface area is 369 Å². The topological polar surface area (TPSA) is 124 Å². The number of ether oxygens (including phenoxy) is 6. The average molecular weight is 851 g/mol. The van der Waals surface area contributed by atoms with Gasteiger partial charge in [-0.1, -0.05) is 103 Å². The number of hydrogen-bond donors (Lipinski definition) is 0. The fraction of sp³-hybridized carbons (Fsp3) is 0.765. The van der Waals surface area contributed by atoms with Gasteiger partial charge in [0.15, 0.2) is 24.6 Å². The van der Waals surface area contributed by atoms with Crippen LogP contribution in [0.1, 0.15) is 205 Å². The van der Waals surface area contributed by atoms with Gasteiger partial charge in [0, 0.05) is 58.5 Å². The van der Waals surface area contributed by atoms with Gasteiger partial charge in [0.2, 0.25) is 0 Å². The van der Waals surface area contributed by atoms with Crippen LogP contribution in [-0.2, 0) is 47.6 Å². The first kappa shape index (κ1) is 55.1. The van der Waals surface area contributed by atoms with Crippen LogP contribution in [0.3, 0.4) is 0 Å². The largest absolute Gasteiger partial charge is 0.463 e. The van der Waals surface area contributed by atoms with Crippen molar-refractivity contribution in [1.29, 1.82) is 0 Å². The number of carbonyl (C=O) groups excluding carboxylic acids is 4. The molecule has 1 fully saturated rings. The van der Waals surface area contributed by atoms with Crippen molar-refractivity contribution >= 4 is 23.9 Å². The summed E-state index contributed by atoms with van der Waals surface area (Å²) >= 11 is 0. The number of hydrogen-bond acceptors (Lipinski definition) is 10. The molecule has 0 radical (unpaired) electrons. The molecule has 1 heterocycles. The van der Waals surface area contributed by atoms with Crippen molar-refractivity contribution in [2.75, 3.05) is 13.7 Å². The van der Waals surface area contributed by atoms with Crippen LogP contribution in [0.25, 0.3) is 0 Å². The number of terminal acetylenes is 4. The fourth-order valence-corrected chi connectivity index (χ4v) is 7.30. The van der Waals surface area contributed by atoms with Gasteiger partial charge in [-0.25, -0.2) is 0 Å². The molecule has 0 saturated carbocycles. The van der Waals surface area contributed by atoms with Crippen molar-refractivity contribution < 1.29 is 47.6 Å². The van der Waals surface area contributed by atoms with Gasteiger partial charge in [-0.3, -0.25) is 19.2 Å². The van der Waals surface area contributed by atoms with Crippen LogP contribution in [0.15, 0.2) is 0 Å². The molecule has 1 aliphatic heterocycles. The van der Waals surface area contributed by atoms with Crippen LogP contribution in [0, 0.1) is 49.4 Å². The van der Waals surface area contributed by atoms with E-state index in [0.29, 0.717) is 25.7 Å². The highest BCUT2D eigenvalue weighted by Gasteiger charge is 2.53. The Morgan fingerprint density at radius 3 is 1.05 bits per heavy atom. The zero-order valence-electron chi connectivity index (χ0n) is 37.6. The summed E-state index contributed by atoms with van der Waals surface area (Å²) < 4.78 is 35.8. The lowest BCUT2D eigenvalue weighted by atomic mass is 9.97. The summed E-state index contributed by atoms with van der Waals surface area (Å²) in [6.45, 7) is -0.282. The minimum Gasteiger partial charge on any atom is -0.463 e. The van der Waals surface area contributed by atoms with Gasteiger partial charge >= 0.3 is 23.9 Å². The highest BCUT2D eigenvalue weighted by Crippen LogP contribution is 2.31. The van der Waals surface area contributed by atoms with Crippen molar-refractivity contribution in [3.63, 3.8) is 0 Å². The Bertz CT molecular complexity index is 1350. The molecule has 0 aromatic carbocycles. The molecule has 0 spiro atoms. The first-order valence-corrected chi connectivity index (χ1v) is 23.5. The summed E-state index contributed by atoms with van der Waals surface area (Å²) in [5.74, 6) is 8.66. The smallest absolute Gasteiger partial charge is 0.306 e. The van der Waals surface area contributed by atoms with Crippen LogP contribution in [0.5, 0.6) is 0 Å². The molecule has 342 valence electrons. The third kappa shape index (κ3) is 29.1. The first-order valence-electron chi connectivity index (χ1n) is 23.5. The van der Waals surface area contributed by atoms with E-state index >= 15 is 0 Å². The molecule has 1 rings (SSSR count).